The van der Waals surface area contributed by atoms with E-state index in [1.54, 1.807) is 19.3 Å². The number of aromatic nitrogens is 2. The van der Waals surface area contributed by atoms with Crippen molar-refractivity contribution in [3.05, 3.63) is 34.4 Å². The Morgan fingerprint density at radius 1 is 1.38 bits per heavy atom. The molecule has 16 heavy (non-hydrogen) atoms. The van der Waals surface area contributed by atoms with E-state index in [0.717, 1.165) is 21.1 Å². The number of aryl methyl sites for hydroxylation is 1. The minimum Gasteiger partial charge on any atom is -0.411 e. The number of hydrogen-bond acceptors (Lipinski definition) is 5. The molecule has 0 amide bonds. The predicted octanol–water partition coefficient (Wildman–Crippen LogP) is 2.71. The largest absolute Gasteiger partial charge is 0.411 e. The van der Waals surface area contributed by atoms with Gasteiger partial charge in [-0.05, 0) is 26.0 Å². The molecule has 2 aromatic heterocycles. The lowest BCUT2D eigenvalue weighted by Crippen LogP contribution is -1.94. The van der Waals surface area contributed by atoms with E-state index in [9.17, 15) is 0 Å². The number of nitrogens with zero attached hydrogens (tertiary/aromatic N) is 3. The zero-order chi connectivity index (χ0) is 11.5. The lowest BCUT2D eigenvalue weighted by atomic mass is 10.1. The number of thiazole rings is 1. The minimum absolute atomic E-state index is 0.581. The highest BCUT2D eigenvalue weighted by atomic mass is 32.1. The Balaban J connectivity index is 2.57. The van der Waals surface area contributed by atoms with Gasteiger partial charge in [0.05, 0.1) is 21.3 Å². The van der Waals surface area contributed by atoms with Gasteiger partial charge in [-0.2, -0.15) is 0 Å². The van der Waals surface area contributed by atoms with Gasteiger partial charge in [0, 0.05) is 18.0 Å². The van der Waals surface area contributed by atoms with Crippen LogP contribution in [0.2, 0.25) is 0 Å². The molecule has 0 aliphatic carbocycles. The fraction of sp³-hybridized carbons (Fsp3) is 0.182. The first-order valence-corrected chi connectivity index (χ1v) is 5.61. The van der Waals surface area contributed by atoms with Gasteiger partial charge in [-0.25, -0.2) is 4.98 Å². The Hall–Kier alpha value is -1.75. The normalized spacial score (nSPS) is 11.8. The second-order valence-electron chi connectivity index (χ2n) is 3.33. The Bertz CT molecular complexity index is 519. The van der Waals surface area contributed by atoms with Crippen LogP contribution < -0.4 is 0 Å². The van der Waals surface area contributed by atoms with Gasteiger partial charge in [-0.15, -0.1) is 11.3 Å². The second-order valence-corrected chi connectivity index (χ2v) is 4.54. The summed E-state index contributed by atoms with van der Waals surface area (Å²) in [6, 6.07) is 3.78. The average Bonchev–Trinajstić information content (AvgIpc) is 2.71. The van der Waals surface area contributed by atoms with Crippen molar-refractivity contribution in [2.24, 2.45) is 5.16 Å². The van der Waals surface area contributed by atoms with Crippen LogP contribution in [0.4, 0.5) is 0 Å². The first-order valence-electron chi connectivity index (χ1n) is 4.79. The monoisotopic (exact) mass is 233 g/mol. The molecule has 5 heteroatoms. The average molecular weight is 233 g/mol. The molecule has 0 fully saturated rings. The smallest absolute Gasteiger partial charge is 0.0959 e. The second kappa shape index (κ2) is 4.40. The molecule has 2 aromatic rings. The Kier molecular flexibility index (Phi) is 2.96. The zero-order valence-electron chi connectivity index (χ0n) is 9.01. The van der Waals surface area contributed by atoms with Gasteiger partial charge in [0.25, 0.3) is 0 Å². The first-order chi connectivity index (χ1) is 7.72. The molecule has 0 radical (unpaired) electrons. The van der Waals surface area contributed by atoms with E-state index in [2.05, 4.69) is 15.1 Å². The van der Waals surface area contributed by atoms with E-state index in [0.29, 0.717) is 5.71 Å². The lowest BCUT2D eigenvalue weighted by molar-refractivity contribution is 0.319. The van der Waals surface area contributed by atoms with Crippen molar-refractivity contribution in [3.63, 3.8) is 0 Å². The standard InChI is InChI=1S/C11H11N3OS/c1-7(14-15)11-10(13-8(2)16-11)9-3-5-12-6-4-9/h3-6,15H,1-2H3/b14-7+. The SMILES string of the molecule is C/C(=N\O)c1sc(C)nc1-c1ccncc1. The van der Waals surface area contributed by atoms with Crippen LogP contribution in [-0.4, -0.2) is 20.9 Å². The highest BCUT2D eigenvalue weighted by Crippen LogP contribution is 2.28. The lowest BCUT2D eigenvalue weighted by Gasteiger charge is -1.99. The summed E-state index contributed by atoms with van der Waals surface area (Å²) < 4.78 is 0. The molecular weight excluding hydrogens is 222 g/mol. The van der Waals surface area contributed by atoms with Crippen LogP contribution in [0, 0.1) is 6.92 Å². The fourth-order valence-electron chi connectivity index (χ4n) is 1.42. The molecule has 0 aromatic carbocycles. The van der Waals surface area contributed by atoms with E-state index in [-0.39, 0.29) is 0 Å². The Morgan fingerprint density at radius 3 is 2.69 bits per heavy atom. The van der Waals surface area contributed by atoms with Gasteiger partial charge >= 0.3 is 0 Å². The quantitative estimate of drug-likeness (QED) is 0.493. The third kappa shape index (κ3) is 1.94. The third-order valence-corrected chi connectivity index (χ3v) is 3.25. The van der Waals surface area contributed by atoms with Crippen LogP contribution in [0.1, 0.15) is 16.8 Å². The number of pyridine rings is 1. The molecule has 0 spiro atoms. The Morgan fingerprint density at radius 2 is 2.06 bits per heavy atom. The van der Waals surface area contributed by atoms with Crippen molar-refractivity contribution in [2.45, 2.75) is 13.8 Å². The summed E-state index contributed by atoms with van der Waals surface area (Å²) in [5.74, 6) is 0. The summed E-state index contributed by atoms with van der Waals surface area (Å²) in [5.41, 5.74) is 2.41. The first kappa shape index (κ1) is 10.8. The minimum atomic E-state index is 0.581. The maximum atomic E-state index is 8.82. The van der Waals surface area contributed by atoms with Crippen molar-refractivity contribution >= 4 is 17.0 Å². The molecule has 4 nitrogen and oxygen atoms in total. The molecule has 0 aliphatic rings. The van der Waals surface area contributed by atoms with Crippen molar-refractivity contribution in [1.82, 2.24) is 9.97 Å². The molecule has 0 saturated heterocycles. The molecule has 2 heterocycles. The van der Waals surface area contributed by atoms with Crippen molar-refractivity contribution in [3.8, 4) is 11.3 Å². The molecule has 0 aliphatic heterocycles. The molecule has 0 bridgehead atoms. The summed E-state index contributed by atoms with van der Waals surface area (Å²) in [6.45, 7) is 3.70. The van der Waals surface area contributed by atoms with E-state index in [1.165, 1.54) is 11.3 Å². The maximum Gasteiger partial charge on any atom is 0.0959 e. The predicted molar refractivity (Wildman–Crippen MR) is 64.1 cm³/mol. The summed E-state index contributed by atoms with van der Waals surface area (Å²) in [6.07, 6.45) is 3.44. The van der Waals surface area contributed by atoms with Gasteiger partial charge in [-0.3, -0.25) is 4.98 Å². The van der Waals surface area contributed by atoms with Crippen LogP contribution in [-0.2, 0) is 0 Å². The van der Waals surface area contributed by atoms with E-state index < -0.39 is 0 Å². The molecule has 2 rings (SSSR count). The van der Waals surface area contributed by atoms with Crippen LogP contribution in [0.25, 0.3) is 11.3 Å². The van der Waals surface area contributed by atoms with Gasteiger partial charge < -0.3 is 5.21 Å². The number of hydrogen-bond donors (Lipinski definition) is 1. The summed E-state index contributed by atoms with van der Waals surface area (Å²) >= 11 is 1.52. The summed E-state index contributed by atoms with van der Waals surface area (Å²) in [7, 11) is 0. The van der Waals surface area contributed by atoms with Crippen LogP contribution in [0.3, 0.4) is 0 Å². The van der Waals surface area contributed by atoms with Gasteiger partial charge in [0.15, 0.2) is 0 Å². The van der Waals surface area contributed by atoms with Crippen molar-refractivity contribution in [2.75, 3.05) is 0 Å². The van der Waals surface area contributed by atoms with E-state index in [1.807, 2.05) is 19.1 Å². The topological polar surface area (TPSA) is 58.4 Å². The number of oxime groups is 1. The molecular formula is C11H11N3OS. The molecule has 82 valence electrons. The molecule has 0 saturated carbocycles. The van der Waals surface area contributed by atoms with Crippen molar-refractivity contribution < 1.29 is 5.21 Å². The molecule has 0 unspecified atom stereocenters. The fourth-order valence-corrected chi connectivity index (χ4v) is 2.30. The summed E-state index contributed by atoms with van der Waals surface area (Å²) in [5, 5.41) is 13.0. The third-order valence-electron chi connectivity index (χ3n) is 2.17. The number of rotatable bonds is 2. The van der Waals surface area contributed by atoms with E-state index >= 15 is 0 Å². The van der Waals surface area contributed by atoms with Crippen LogP contribution >= 0.6 is 11.3 Å². The maximum absolute atomic E-state index is 8.82. The van der Waals surface area contributed by atoms with Gasteiger partial charge in [0.1, 0.15) is 0 Å². The Labute approximate surface area is 97.3 Å². The molecule has 0 atom stereocenters. The summed E-state index contributed by atoms with van der Waals surface area (Å²) in [4.78, 5) is 9.31. The van der Waals surface area contributed by atoms with Gasteiger partial charge in [0.2, 0.25) is 0 Å². The van der Waals surface area contributed by atoms with Crippen molar-refractivity contribution in [1.29, 1.82) is 0 Å². The van der Waals surface area contributed by atoms with E-state index in [4.69, 9.17) is 5.21 Å². The molecule has 1 N–H and O–H groups in total. The highest BCUT2D eigenvalue weighted by molar-refractivity contribution is 7.14. The highest BCUT2D eigenvalue weighted by Gasteiger charge is 2.13. The van der Waals surface area contributed by atoms with Crippen LogP contribution in [0.15, 0.2) is 29.7 Å². The van der Waals surface area contributed by atoms with Crippen LogP contribution in [0.5, 0.6) is 0 Å². The zero-order valence-corrected chi connectivity index (χ0v) is 9.82. The van der Waals surface area contributed by atoms with Gasteiger partial charge in [-0.1, -0.05) is 5.16 Å².